The predicted octanol–water partition coefficient (Wildman–Crippen LogP) is 3.64. The molecular formula is C23H21N5O2S. The van der Waals surface area contributed by atoms with Crippen molar-refractivity contribution in [1.29, 1.82) is 0 Å². The fourth-order valence-corrected chi connectivity index (χ4v) is 3.81. The molecule has 0 bridgehead atoms. The number of carbonyl (C=O) groups excluding carboxylic acids is 2. The molecule has 0 saturated heterocycles. The first-order valence-electron chi connectivity index (χ1n) is 9.82. The van der Waals surface area contributed by atoms with Crippen LogP contribution in [0.15, 0.2) is 78.2 Å². The lowest BCUT2D eigenvalue weighted by molar-refractivity contribution is -0.121. The van der Waals surface area contributed by atoms with Crippen molar-refractivity contribution in [3.05, 3.63) is 89.7 Å². The first-order valence-corrected chi connectivity index (χ1v) is 10.8. The van der Waals surface area contributed by atoms with Gasteiger partial charge < -0.3 is 4.98 Å². The zero-order chi connectivity index (χ0) is 21.5. The van der Waals surface area contributed by atoms with Crippen LogP contribution in [0.25, 0.3) is 11.0 Å². The number of benzene rings is 2. The Hall–Kier alpha value is -3.65. The number of hydrogen-bond donors (Lipinski definition) is 3. The summed E-state index contributed by atoms with van der Waals surface area (Å²) in [6.45, 7) is 0. The largest absolute Gasteiger partial charge is 0.333 e. The SMILES string of the molecule is O=C(CCc1cccnc1)NNC(=O)c1ccc(CSc2nc3ccccc3[nH]2)cc1. The van der Waals surface area contributed by atoms with Crippen molar-refractivity contribution in [2.45, 2.75) is 23.8 Å². The number of amides is 2. The van der Waals surface area contributed by atoms with E-state index >= 15 is 0 Å². The first-order chi connectivity index (χ1) is 15.2. The van der Waals surface area contributed by atoms with Gasteiger partial charge in [0.2, 0.25) is 5.91 Å². The Balaban J connectivity index is 1.23. The zero-order valence-corrected chi connectivity index (χ0v) is 17.5. The summed E-state index contributed by atoms with van der Waals surface area (Å²) in [4.78, 5) is 36.0. The van der Waals surface area contributed by atoms with E-state index in [0.717, 1.165) is 33.1 Å². The van der Waals surface area contributed by atoms with Crippen molar-refractivity contribution in [1.82, 2.24) is 25.8 Å². The van der Waals surface area contributed by atoms with Crippen LogP contribution in [-0.2, 0) is 17.0 Å². The van der Waals surface area contributed by atoms with Crippen LogP contribution >= 0.6 is 11.8 Å². The van der Waals surface area contributed by atoms with Gasteiger partial charge in [0.1, 0.15) is 0 Å². The molecular weight excluding hydrogens is 410 g/mol. The van der Waals surface area contributed by atoms with E-state index in [1.54, 1.807) is 36.3 Å². The molecule has 2 amide bonds. The molecule has 4 rings (SSSR count). The second-order valence-electron chi connectivity index (χ2n) is 6.91. The molecule has 3 N–H and O–H groups in total. The molecule has 0 aliphatic heterocycles. The van der Waals surface area contributed by atoms with Crippen LogP contribution in [0, 0.1) is 0 Å². The highest BCUT2D eigenvalue weighted by Crippen LogP contribution is 2.23. The van der Waals surface area contributed by atoms with Crippen molar-refractivity contribution in [2.24, 2.45) is 0 Å². The number of nitrogens with one attached hydrogen (secondary N) is 3. The lowest BCUT2D eigenvalue weighted by Crippen LogP contribution is -2.41. The minimum atomic E-state index is -0.355. The summed E-state index contributed by atoms with van der Waals surface area (Å²) in [5, 5.41) is 0.858. The van der Waals surface area contributed by atoms with Crippen LogP contribution in [0.4, 0.5) is 0 Å². The highest BCUT2D eigenvalue weighted by molar-refractivity contribution is 7.98. The summed E-state index contributed by atoms with van der Waals surface area (Å²) in [5.41, 5.74) is 9.38. The maximum absolute atomic E-state index is 12.3. The quantitative estimate of drug-likeness (QED) is 0.306. The van der Waals surface area contributed by atoms with Crippen LogP contribution in [0.1, 0.15) is 27.9 Å². The lowest BCUT2D eigenvalue weighted by Gasteiger charge is -2.08. The summed E-state index contributed by atoms with van der Waals surface area (Å²) in [7, 11) is 0. The summed E-state index contributed by atoms with van der Waals surface area (Å²) >= 11 is 1.60. The fraction of sp³-hybridized carbons (Fsp3) is 0.130. The zero-order valence-electron chi connectivity index (χ0n) is 16.7. The highest BCUT2D eigenvalue weighted by Gasteiger charge is 2.09. The second-order valence-corrected chi connectivity index (χ2v) is 7.87. The van der Waals surface area contributed by atoms with E-state index in [9.17, 15) is 9.59 Å². The Morgan fingerprint density at radius 3 is 2.55 bits per heavy atom. The molecule has 2 heterocycles. The smallest absolute Gasteiger partial charge is 0.269 e. The average molecular weight is 432 g/mol. The van der Waals surface area contributed by atoms with E-state index in [2.05, 4.69) is 25.8 Å². The molecule has 0 fully saturated rings. The summed E-state index contributed by atoms with van der Waals surface area (Å²) < 4.78 is 0. The number of aromatic nitrogens is 3. The molecule has 0 unspecified atom stereocenters. The molecule has 0 saturated carbocycles. The number of aryl methyl sites for hydroxylation is 1. The van der Waals surface area contributed by atoms with Gasteiger partial charge in [-0.25, -0.2) is 4.98 Å². The van der Waals surface area contributed by atoms with Crippen LogP contribution in [0.3, 0.4) is 0 Å². The van der Waals surface area contributed by atoms with Gasteiger partial charge in [0, 0.05) is 30.1 Å². The molecule has 0 spiro atoms. The minimum absolute atomic E-state index is 0.254. The Labute approximate surface area is 183 Å². The number of hydrazine groups is 1. The maximum atomic E-state index is 12.3. The summed E-state index contributed by atoms with van der Waals surface area (Å²) in [6.07, 6.45) is 4.24. The third kappa shape index (κ3) is 5.70. The molecule has 0 aliphatic carbocycles. The van der Waals surface area contributed by atoms with E-state index < -0.39 is 0 Å². The fourth-order valence-electron chi connectivity index (χ4n) is 2.97. The molecule has 4 aromatic rings. The van der Waals surface area contributed by atoms with Crippen molar-refractivity contribution < 1.29 is 9.59 Å². The first kappa shape index (κ1) is 20.6. The van der Waals surface area contributed by atoms with E-state index in [1.165, 1.54) is 0 Å². The molecule has 0 radical (unpaired) electrons. The molecule has 31 heavy (non-hydrogen) atoms. The topological polar surface area (TPSA) is 99.8 Å². The van der Waals surface area contributed by atoms with Crippen molar-refractivity contribution in [3.8, 4) is 0 Å². The Morgan fingerprint density at radius 2 is 1.77 bits per heavy atom. The Morgan fingerprint density at radius 1 is 0.935 bits per heavy atom. The van der Waals surface area contributed by atoms with Gasteiger partial charge in [-0.15, -0.1) is 0 Å². The van der Waals surface area contributed by atoms with Gasteiger partial charge in [-0.2, -0.15) is 0 Å². The van der Waals surface area contributed by atoms with E-state index in [0.29, 0.717) is 12.0 Å². The van der Waals surface area contributed by atoms with Crippen LogP contribution in [0.2, 0.25) is 0 Å². The highest BCUT2D eigenvalue weighted by atomic mass is 32.2. The van der Waals surface area contributed by atoms with E-state index in [1.807, 2.05) is 48.5 Å². The summed E-state index contributed by atoms with van der Waals surface area (Å²) in [6, 6.07) is 18.9. The molecule has 2 aromatic heterocycles. The minimum Gasteiger partial charge on any atom is -0.333 e. The van der Waals surface area contributed by atoms with Gasteiger partial charge in [0.25, 0.3) is 5.91 Å². The molecule has 0 aliphatic rings. The normalized spacial score (nSPS) is 10.7. The number of H-pyrrole nitrogens is 1. The number of para-hydroxylation sites is 2. The number of hydrogen-bond acceptors (Lipinski definition) is 5. The molecule has 0 atom stereocenters. The summed E-state index contributed by atoms with van der Waals surface area (Å²) in [5.74, 6) is 0.120. The van der Waals surface area contributed by atoms with Gasteiger partial charge in [-0.1, -0.05) is 42.1 Å². The standard InChI is InChI=1S/C23H21N5O2S/c29-21(12-9-16-4-3-13-24-14-16)27-28-22(30)18-10-7-17(8-11-18)15-31-23-25-19-5-1-2-6-20(19)26-23/h1-8,10-11,13-14H,9,12,15H2,(H,25,26)(H,27,29)(H,28,30). The van der Waals surface area contributed by atoms with Gasteiger partial charge in [0.05, 0.1) is 11.0 Å². The van der Waals surface area contributed by atoms with E-state index in [4.69, 9.17) is 0 Å². The maximum Gasteiger partial charge on any atom is 0.269 e. The number of thioether (sulfide) groups is 1. The number of aromatic amines is 1. The van der Waals surface area contributed by atoms with Crippen molar-refractivity contribution >= 4 is 34.6 Å². The second kappa shape index (κ2) is 9.90. The van der Waals surface area contributed by atoms with Gasteiger partial charge in [-0.05, 0) is 47.9 Å². The van der Waals surface area contributed by atoms with Crippen molar-refractivity contribution in [2.75, 3.05) is 0 Å². The van der Waals surface area contributed by atoms with Crippen LogP contribution in [0.5, 0.6) is 0 Å². The molecule has 7 nitrogen and oxygen atoms in total. The third-order valence-corrected chi connectivity index (χ3v) is 5.58. The predicted molar refractivity (Wildman–Crippen MR) is 120 cm³/mol. The average Bonchev–Trinajstić information content (AvgIpc) is 3.24. The van der Waals surface area contributed by atoms with Crippen molar-refractivity contribution in [3.63, 3.8) is 0 Å². The third-order valence-electron chi connectivity index (χ3n) is 4.64. The van der Waals surface area contributed by atoms with Gasteiger partial charge in [-0.3, -0.25) is 25.4 Å². The lowest BCUT2D eigenvalue weighted by atomic mass is 10.1. The Kier molecular flexibility index (Phi) is 6.59. The molecule has 8 heteroatoms. The monoisotopic (exact) mass is 431 g/mol. The number of fused-ring (bicyclic) bond motifs is 1. The van der Waals surface area contributed by atoms with Crippen LogP contribution in [-0.4, -0.2) is 26.8 Å². The number of carbonyl (C=O) groups is 2. The molecule has 2 aromatic carbocycles. The molecule has 156 valence electrons. The van der Waals surface area contributed by atoms with E-state index in [-0.39, 0.29) is 18.2 Å². The number of imidazole rings is 1. The number of rotatable bonds is 7. The van der Waals surface area contributed by atoms with Gasteiger partial charge >= 0.3 is 0 Å². The number of pyridine rings is 1. The Bertz CT molecular complexity index is 1140. The number of nitrogens with zero attached hydrogens (tertiary/aromatic N) is 2. The van der Waals surface area contributed by atoms with Crippen LogP contribution < -0.4 is 10.9 Å². The van der Waals surface area contributed by atoms with Gasteiger partial charge in [0.15, 0.2) is 5.16 Å².